The van der Waals surface area contributed by atoms with Crippen molar-refractivity contribution >= 4 is 0 Å². The van der Waals surface area contributed by atoms with Gasteiger partial charge in [-0.2, -0.15) is 5.10 Å². The minimum atomic E-state index is 0.243. The van der Waals surface area contributed by atoms with Gasteiger partial charge in [0.15, 0.2) is 0 Å². The second kappa shape index (κ2) is 8.24. The average molecular weight is 367 g/mol. The van der Waals surface area contributed by atoms with E-state index in [1.54, 1.807) is 0 Å². The first-order valence-electron chi connectivity index (χ1n) is 9.62. The first kappa shape index (κ1) is 18.2. The number of likely N-dealkylation sites (N-methyl/N-ethyl adjacent to an activating group) is 1. The van der Waals surface area contributed by atoms with Gasteiger partial charge in [0, 0.05) is 5.56 Å². The van der Waals surface area contributed by atoms with E-state index in [1.165, 1.54) is 11.1 Å². The number of rotatable bonds is 6. The number of benzene rings is 3. The fourth-order valence-corrected chi connectivity index (χ4v) is 3.55. The third kappa shape index (κ3) is 3.90. The van der Waals surface area contributed by atoms with Crippen LogP contribution in [-0.4, -0.2) is 28.8 Å². The van der Waals surface area contributed by atoms with E-state index in [1.807, 2.05) is 6.07 Å². The number of aromatic nitrogens is 2. The average Bonchev–Trinajstić information content (AvgIpc) is 3.18. The van der Waals surface area contributed by atoms with Crippen LogP contribution in [0, 0.1) is 0 Å². The third-order valence-corrected chi connectivity index (χ3v) is 5.07. The molecule has 1 atom stereocenters. The molecule has 0 aliphatic carbocycles. The van der Waals surface area contributed by atoms with Crippen LogP contribution in [0.1, 0.15) is 11.6 Å². The van der Waals surface area contributed by atoms with E-state index in [0.717, 1.165) is 23.5 Å². The van der Waals surface area contributed by atoms with Gasteiger partial charge in [-0.3, -0.25) is 4.68 Å². The van der Waals surface area contributed by atoms with Gasteiger partial charge >= 0.3 is 0 Å². The summed E-state index contributed by atoms with van der Waals surface area (Å²) < 4.78 is 2.15. The van der Waals surface area contributed by atoms with E-state index in [2.05, 4.69) is 115 Å². The van der Waals surface area contributed by atoms with Gasteiger partial charge in [0.05, 0.1) is 24.0 Å². The van der Waals surface area contributed by atoms with Crippen molar-refractivity contribution < 1.29 is 0 Å². The lowest BCUT2D eigenvalue weighted by Gasteiger charge is -2.25. The smallest absolute Gasteiger partial charge is 0.0929 e. The van der Waals surface area contributed by atoms with Crippen molar-refractivity contribution in [2.75, 3.05) is 14.1 Å². The quantitative estimate of drug-likeness (QED) is 0.447. The van der Waals surface area contributed by atoms with Gasteiger partial charge in [0.2, 0.25) is 0 Å². The van der Waals surface area contributed by atoms with Gasteiger partial charge in [0.1, 0.15) is 0 Å². The normalized spacial score (nSPS) is 12.2. The summed E-state index contributed by atoms with van der Waals surface area (Å²) in [5.74, 6) is 0. The van der Waals surface area contributed by atoms with Crippen molar-refractivity contribution in [3.8, 4) is 22.5 Å². The van der Waals surface area contributed by atoms with Crippen LogP contribution in [0.15, 0.2) is 97.1 Å². The Hall–Kier alpha value is -3.17. The van der Waals surface area contributed by atoms with Gasteiger partial charge in [-0.05, 0) is 31.3 Å². The summed E-state index contributed by atoms with van der Waals surface area (Å²) in [7, 11) is 4.25. The van der Waals surface area contributed by atoms with Crippen LogP contribution < -0.4 is 0 Å². The summed E-state index contributed by atoms with van der Waals surface area (Å²) in [6.45, 7) is 0.786. The molecule has 0 amide bonds. The monoisotopic (exact) mass is 367 g/mol. The van der Waals surface area contributed by atoms with Crippen LogP contribution in [0.4, 0.5) is 0 Å². The minimum Gasteiger partial charge on any atom is -0.301 e. The highest BCUT2D eigenvalue weighted by molar-refractivity contribution is 5.68. The lowest BCUT2D eigenvalue weighted by Crippen LogP contribution is -2.25. The zero-order chi connectivity index (χ0) is 19.3. The maximum Gasteiger partial charge on any atom is 0.0929 e. The first-order chi connectivity index (χ1) is 13.7. The van der Waals surface area contributed by atoms with Crippen LogP contribution in [0.3, 0.4) is 0 Å². The molecule has 1 heterocycles. The van der Waals surface area contributed by atoms with Crippen molar-refractivity contribution in [3.63, 3.8) is 0 Å². The summed E-state index contributed by atoms with van der Waals surface area (Å²) in [6, 6.07) is 34.0. The van der Waals surface area contributed by atoms with E-state index < -0.39 is 0 Å². The molecule has 0 saturated carbocycles. The molecular weight excluding hydrogens is 342 g/mol. The molecule has 4 rings (SSSR count). The Morgan fingerprint density at radius 1 is 0.750 bits per heavy atom. The first-order valence-corrected chi connectivity index (χ1v) is 9.62. The van der Waals surface area contributed by atoms with E-state index in [-0.39, 0.29) is 6.04 Å². The molecule has 140 valence electrons. The van der Waals surface area contributed by atoms with Gasteiger partial charge in [0.25, 0.3) is 0 Å². The molecule has 0 N–H and O–H groups in total. The van der Waals surface area contributed by atoms with E-state index in [9.17, 15) is 0 Å². The van der Waals surface area contributed by atoms with E-state index >= 15 is 0 Å². The molecule has 0 radical (unpaired) electrons. The van der Waals surface area contributed by atoms with Crippen LogP contribution in [0.5, 0.6) is 0 Å². The maximum absolute atomic E-state index is 4.99. The van der Waals surface area contributed by atoms with Crippen molar-refractivity contribution in [1.29, 1.82) is 0 Å². The maximum atomic E-state index is 4.99. The summed E-state index contributed by atoms with van der Waals surface area (Å²) in [5, 5.41) is 4.99. The molecule has 0 saturated heterocycles. The SMILES string of the molecule is CN(C)C(Cn1nc(-c2ccccc2)cc1-c1ccccc1)c1ccccc1. The van der Waals surface area contributed by atoms with Crippen LogP contribution in [0.2, 0.25) is 0 Å². The Bertz CT molecular complexity index is 1010. The second-order valence-electron chi connectivity index (χ2n) is 7.22. The zero-order valence-corrected chi connectivity index (χ0v) is 16.4. The molecule has 0 fully saturated rings. The Labute approximate surface area is 166 Å². The highest BCUT2D eigenvalue weighted by Gasteiger charge is 2.19. The number of nitrogens with zero attached hydrogens (tertiary/aromatic N) is 3. The number of hydrogen-bond acceptors (Lipinski definition) is 2. The standard InChI is InChI=1S/C25H25N3/c1-27(2)25(22-16-10-5-11-17-22)19-28-24(21-14-8-4-9-15-21)18-23(26-28)20-12-6-3-7-13-20/h3-18,25H,19H2,1-2H3. The van der Waals surface area contributed by atoms with E-state index in [4.69, 9.17) is 5.10 Å². The summed E-state index contributed by atoms with van der Waals surface area (Å²) >= 11 is 0. The van der Waals surface area contributed by atoms with Gasteiger partial charge < -0.3 is 4.90 Å². The molecule has 0 bridgehead atoms. The van der Waals surface area contributed by atoms with Crippen molar-refractivity contribution in [3.05, 3.63) is 103 Å². The highest BCUT2D eigenvalue weighted by atomic mass is 15.3. The van der Waals surface area contributed by atoms with Gasteiger partial charge in [-0.15, -0.1) is 0 Å². The third-order valence-electron chi connectivity index (χ3n) is 5.07. The molecule has 0 aliphatic rings. The Balaban J connectivity index is 1.77. The molecule has 28 heavy (non-hydrogen) atoms. The molecule has 1 aromatic heterocycles. The molecule has 1 unspecified atom stereocenters. The molecule has 4 aromatic rings. The molecule has 3 heteroatoms. The zero-order valence-electron chi connectivity index (χ0n) is 16.4. The van der Waals surface area contributed by atoms with E-state index in [0.29, 0.717) is 0 Å². The molecule has 3 nitrogen and oxygen atoms in total. The lowest BCUT2D eigenvalue weighted by molar-refractivity contribution is 0.262. The molecule has 3 aromatic carbocycles. The highest BCUT2D eigenvalue weighted by Crippen LogP contribution is 2.29. The number of hydrogen-bond donors (Lipinski definition) is 0. The van der Waals surface area contributed by atoms with Crippen molar-refractivity contribution in [2.45, 2.75) is 12.6 Å². The van der Waals surface area contributed by atoms with Crippen molar-refractivity contribution in [2.24, 2.45) is 0 Å². The van der Waals surface area contributed by atoms with Crippen LogP contribution >= 0.6 is 0 Å². The second-order valence-corrected chi connectivity index (χ2v) is 7.22. The molecular formula is C25H25N3. The predicted molar refractivity (Wildman–Crippen MR) is 116 cm³/mol. The minimum absolute atomic E-state index is 0.243. The predicted octanol–water partition coefficient (Wildman–Crippen LogP) is 5.52. The Morgan fingerprint density at radius 3 is 1.86 bits per heavy atom. The largest absolute Gasteiger partial charge is 0.301 e. The van der Waals surface area contributed by atoms with Crippen LogP contribution in [0.25, 0.3) is 22.5 Å². The Morgan fingerprint density at radius 2 is 1.29 bits per heavy atom. The Kier molecular flexibility index (Phi) is 5.36. The van der Waals surface area contributed by atoms with Crippen LogP contribution in [-0.2, 0) is 6.54 Å². The molecule has 0 spiro atoms. The summed E-state index contributed by atoms with van der Waals surface area (Å²) in [5.41, 5.74) is 5.76. The van der Waals surface area contributed by atoms with Crippen molar-refractivity contribution in [1.82, 2.24) is 14.7 Å². The summed E-state index contributed by atoms with van der Waals surface area (Å²) in [6.07, 6.45) is 0. The fourth-order valence-electron chi connectivity index (χ4n) is 3.55. The van der Waals surface area contributed by atoms with Gasteiger partial charge in [-0.25, -0.2) is 0 Å². The topological polar surface area (TPSA) is 21.1 Å². The lowest BCUT2D eigenvalue weighted by atomic mass is 10.1. The molecule has 0 aliphatic heterocycles. The van der Waals surface area contributed by atoms with Gasteiger partial charge in [-0.1, -0.05) is 91.0 Å². The summed E-state index contributed by atoms with van der Waals surface area (Å²) in [4.78, 5) is 2.26. The fraction of sp³-hybridized carbons (Fsp3) is 0.160.